The van der Waals surface area contributed by atoms with E-state index in [1.807, 2.05) is 32.2 Å². The van der Waals surface area contributed by atoms with Gasteiger partial charge in [0.05, 0.1) is 50.6 Å². The fourth-order valence-electron chi connectivity index (χ4n) is 7.47. The predicted octanol–water partition coefficient (Wildman–Crippen LogP) is 5.58. The number of likely N-dealkylation sites (tertiary alicyclic amines) is 1. The van der Waals surface area contributed by atoms with Crippen molar-refractivity contribution in [3.05, 3.63) is 65.7 Å². The Morgan fingerprint density at radius 1 is 1.05 bits per heavy atom. The highest BCUT2D eigenvalue weighted by molar-refractivity contribution is 7.91. The first kappa shape index (κ1) is 42.0. The van der Waals surface area contributed by atoms with Gasteiger partial charge in [0.1, 0.15) is 41.0 Å². The van der Waals surface area contributed by atoms with Crippen LogP contribution in [0.4, 0.5) is 5.13 Å². The number of nitrogens with zero attached hydrogens (tertiary/aromatic N) is 3. The van der Waals surface area contributed by atoms with Gasteiger partial charge in [-0.15, -0.1) is 17.9 Å². The number of sulfonamides is 1. The molecule has 59 heavy (non-hydrogen) atoms. The van der Waals surface area contributed by atoms with Crippen LogP contribution >= 0.6 is 22.9 Å². The van der Waals surface area contributed by atoms with Crippen LogP contribution in [0.25, 0.3) is 22.0 Å². The Bertz CT molecular complexity index is 2390. The highest BCUT2D eigenvalue weighted by Crippen LogP contribution is 2.46. The topological polar surface area (TPSA) is 187 Å². The first-order valence-electron chi connectivity index (χ1n) is 19.1. The minimum Gasteiger partial charge on any atom is -0.496 e. The molecular formula is C41H47ClN6O9S2. The molecule has 1 aliphatic heterocycles. The Hall–Kier alpha value is -5.13. The molecule has 2 aliphatic carbocycles. The molecule has 3 fully saturated rings. The zero-order valence-electron chi connectivity index (χ0n) is 33.5. The third-order valence-electron chi connectivity index (χ3n) is 10.9. The van der Waals surface area contributed by atoms with Crippen molar-refractivity contribution >= 4 is 66.6 Å². The number of amides is 3. The lowest BCUT2D eigenvalue weighted by Gasteiger charge is -2.35. The molecule has 0 spiro atoms. The van der Waals surface area contributed by atoms with Crippen molar-refractivity contribution in [1.82, 2.24) is 24.9 Å². The SMILES string of the molecule is C=C[C@@H]1C[C@]1(NC(=O)[C@@H]1C[C@@H](Oc2ncc(OC)c3ccc(Cl)cc23)CN1C(=O)[C@@H](Nc1nc(-c2c(OC)cccc2OC)cs1)C(C)(C)C)C(=O)NS(=O)(=O)C1CC1. The monoisotopic (exact) mass is 866 g/mol. The summed E-state index contributed by atoms with van der Waals surface area (Å²) in [4.78, 5) is 53.9. The van der Waals surface area contributed by atoms with Crippen molar-refractivity contribution in [2.75, 3.05) is 33.2 Å². The van der Waals surface area contributed by atoms with E-state index in [4.69, 9.17) is 35.5 Å². The summed E-state index contributed by atoms with van der Waals surface area (Å²) in [7, 11) is 0.738. The number of halogens is 1. The molecule has 7 rings (SSSR count). The largest absolute Gasteiger partial charge is 0.496 e. The molecule has 2 aromatic heterocycles. The normalized spacial score (nSPS) is 21.9. The molecule has 3 aliphatic rings. The zero-order chi connectivity index (χ0) is 42.4. The zero-order valence-corrected chi connectivity index (χ0v) is 35.9. The van der Waals surface area contributed by atoms with Gasteiger partial charge in [0.25, 0.3) is 5.91 Å². The Morgan fingerprint density at radius 3 is 2.36 bits per heavy atom. The van der Waals surface area contributed by atoms with Gasteiger partial charge >= 0.3 is 0 Å². The maximum Gasteiger partial charge on any atom is 0.259 e. The first-order chi connectivity index (χ1) is 28.0. The Morgan fingerprint density at radius 2 is 1.75 bits per heavy atom. The second-order valence-electron chi connectivity index (χ2n) is 16.0. The number of aromatic nitrogens is 2. The smallest absolute Gasteiger partial charge is 0.259 e. The Labute approximate surface area is 351 Å². The van der Waals surface area contributed by atoms with Crippen LogP contribution in [0.1, 0.15) is 46.5 Å². The van der Waals surface area contributed by atoms with Crippen molar-refractivity contribution in [3.8, 4) is 34.4 Å². The van der Waals surface area contributed by atoms with E-state index in [2.05, 4.69) is 26.9 Å². The number of pyridine rings is 1. The summed E-state index contributed by atoms with van der Waals surface area (Å²) in [6.07, 6.45) is 3.38. The minimum atomic E-state index is -3.91. The maximum absolute atomic E-state index is 15.0. The van der Waals surface area contributed by atoms with E-state index in [1.54, 1.807) is 44.6 Å². The molecule has 314 valence electrons. The van der Waals surface area contributed by atoms with Crippen molar-refractivity contribution in [3.63, 3.8) is 0 Å². The number of rotatable bonds is 15. The van der Waals surface area contributed by atoms with Gasteiger partial charge in [-0.1, -0.05) is 44.5 Å². The van der Waals surface area contributed by atoms with E-state index in [1.165, 1.54) is 35.6 Å². The highest BCUT2D eigenvalue weighted by Gasteiger charge is 2.62. The molecule has 0 radical (unpaired) electrons. The number of benzene rings is 2. The fraction of sp³-hybridized carbons (Fsp3) is 0.439. The number of fused-ring (bicyclic) bond motifs is 1. The average Bonchev–Trinajstić information content (AvgIpc) is 4.10. The predicted molar refractivity (Wildman–Crippen MR) is 225 cm³/mol. The summed E-state index contributed by atoms with van der Waals surface area (Å²) >= 11 is 7.68. The van der Waals surface area contributed by atoms with Crippen LogP contribution in [0, 0.1) is 11.3 Å². The molecule has 2 aromatic carbocycles. The molecule has 3 N–H and O–H groups in total. The van der Waals surface area contributed by atoms with Gasteiger partial charge in [-0.25, -0.2) is 18.4 Å². The van der Waals surface area contributed by atoms with Gasteiger partial charge in [0.2, 0.25) is 27.7 Å². The van der Waals surface area contributed by atoms with Crippen LogP contribution in [0.3, 0.4) is 0 Å². The third kappa shape index (κ3) is 8.37. The summed E-state index contributed by atoms with van der Waals surface area (Å²) in [5.41, 5.74) is -1.04. The van der Waals surface area contributed by atoms with E-state index < -0.39 is 68.1 Å². The number of anilines is 1. The second-order valence-corrected chi connectivity index (χ2v) is 19.3. The summed E-state index contributed by atoms with van der Waals surface area (Å²) in [5, 5.41) is 9.53. The average molecular weight is 867 g/mol. The molecule has 15 nitrogen and oxygen atoms in total. The number of carbonyl (C=O) groups is 3. The van der Waals surface area contributed by atoms with Gasteiger partial charge in [-0.3, -0.25) is 19.1 Å². The lowest BCUT2D eigenvalue weighted by Crippen LogP contribution is -2.58. The lowest BCUT2D eigenvalue weighted by atomic mass is 9.85. The third-order valence-corrected chi connectivity index (χ3v) is 13.8. The van der Waals surface area contributed by atoms with Gasteiger partial charge in [0, 0.05) is 33.5 Å². The van der Waals surface area contributed by atoms with Gasteiger partial charge in [-0.2, -0.15) is 0 Å². The quantitative estimate of drug-likeness (QED) is 0.126. The second kappa shape index (κ2) is 16.1. The van der Waals surface area contributed by atoms with Crippen LogP contribution in [0.5, 0.6) is 23.1 Å². The number of carbonyl (C=O) groups excluding carboxylic acids is 3. The standard InChI is InChI=1S/C41H47ClN6O9S2/c1-8-22-18-41(22,38(51)47-59(52,53)25-13-14-25)46-35(49)29-17-24(57-36-27-16-23(42)12-15-26(27)32(56-7)19-43-36)20-48(29)37(50)34(40(2,3)4)45-39-44-28(21-58-39)33-30(54-5)10-9-11-31(33)55-6/h8-12,15-16,19,21-22,24-25,29,34H,1,13-14,17-18,20H2,2-7H3,(H,44,45)(H,46,49)(H,47,51)/t22-,24-,29+,34-,41-/m1/s1. The molecule has 5 atom stereocenters. The molecule has 3 amide bonds. The summed E-state index contributed by atoms with van der Waals surface area (Å²) in [6.45, 7) is 9.48. The van der Waals surface area contributed by atoms with Crippen molar-refractivity contribution in [2.45, 2.75) is 75.4 Å². The molecule has 2 saturated carbocycles. The summed E-state index contributed by atoms with van der Waals surface area (Å²) in [5.74, 6) is -0.563. The molecule has 4 aromatic rings. The van der Waals surface area contributed by atoms with E-state index in [9.17, 15) is 22.8 Å². The van der Waals surface area contributed by atoms with E-state index in [0.717, 1.165) is 0 Å². The van der Waals surface area contributed by atoms with Crippen LogP contribution in [-0.2, 0) is 24.4 Å². The van der Waals surface area contributed by atoms with E-state index in [0.29, 0.717) is 62.3 Å². The van der Waals surface area contributed by atoms with Crippen LogP contribution in [-0.4, -0.2) is 97.9 Å². The summed E-state index contributed by atoms with van der Waals surface area (Å²) in [6, 6.07) is 8.60. The number of ether oxygens (including phenoxy) is 4. The van der Waals surface area contributed by atoms with Gasteiger partial charge in [0.15, 0.2) is 5.13 Å². The lowest BCUT2D eigenvalue weighted by molar-refractivity contribution is -0.141. The van der Waals surface area contributed by atoms with E-state index >= 15 is 0 Å². The fourth-order valence-corrected chi connectivity index (χ4v) is 9.74. The number of methoxy groups -OCH3 is 3. The molecule has 0 unspecified atom stereocenters. The molecule has 1 saturated heterocycles. The van der Waals surface area contributed by atoms with E-state index in [-0.39, 0.29) is 25.3 Å². The van der Waals surface area contributed by atoms with Crippen molar-refractivity contribution in [2.24, 2.45) is 11.3 Å². The van der Waals surface area contributed by atoms with Crippen LogP contribution in [0.15, 0.2) is 60.6 Å². The maximum atomic E-state index is 15.0. The van der Waals surface area contributed by atoms with Gasteiger partial charge in [-0.05, 0) is 55.0 Å². The molecular weight excluding hydrogens is 820 g/mol. The Kier molecular flexibility index (Phi) is 11.5. The highest BCUT2D eigenvalue weighted by atomic mass is 35.5. The number of hydrogen-bond donors (Lipinski definition) is 3. The summed E-state index contributed by atoms with van der Waals surface area (Å²) < 4.78 is 51.0. The first-order valence-corrected chi connectivity index (χ1v) is 21.9. The Balaban J connectivity index is 1.20. The van der Waals surface area contributed by atoms with Crippen molar-refractivity contribution < 1.29 is 41.7 Å². The van der Waals surface area contributed by atoms with Gasteiger partial charge < -0.3 is 34.5 Å². The molecule has 3 heterocycles. The number of hydrogen-bond acceptors (Lipinski definition) is 13. The van der Waals surface area contributed by atoms with Crippen LogP contribution in [0.2, 0.25) is 5.02 Å². The van der Waals surface area contributed by atoms with Crippen molar-refractivity contribution in [1.29, 1.82) is 0 Å². The van der Waals surface area contributed by atoms with Crippen LogP contribution < -0.4 is 34.3 Å². The molecule has 0 bridgehead atoms. The molecule has 18 heteroatoms. The number of nitrogens with one attached hydrogen (secondary N) is 3. The number of thiazole rings is 1. The minimum absolute atomic E-state index is 0.0238.